The van der Waals surface area contributed by atoms with Crippen molar-refractivity contribution in [3.05, 3.63) is 59.2 Å². The zero-order chi connectivity index (χ0) is 24.1. The molecule has 0 atom stereocenters. The van der Waals surface area contributed by atoms with Crippen LogP contribution >= 0.6 is 0 Å². The summed E-state index contributed by atoms with van der Waals surface area (Å²) in [5.41, 5.74) is 2.94. The Morgan fingerprint density at radius 1 is 1.12 bits per heavy atom. The summed E-state index contributed by atoms with van der Waals surface area (Å²) in [6, 6.07) is 9.12. The maximum absolute atomic E-state index is 12.3. The standard InChI is InChI=1S/C26H32F2N4O2/c1-2-32-12-8-19(9-13-32)18-4-6-21(7-5-18)26(10-3-11-26)14-23-29-15-20(16-30-23)22(33)17-31-25(34)24(27)28/h4-7,15-16,19,24H,2-3,8-14,17H2,1H3,(H,31,34). The molecule has 2 aromatic rings. The Morgan fingerprint density at radius 2 is 1.76 bits per heavy atom. The minimum absolute atomic E-state index is 0.0148. The van der Waals surface area contributed by atoms with Crippen LogP contribution in [0, 0.1) is 0 Å². The van der Waals surface area contributed by atoms with E-state index in [0.29, 0.717) is 18.2 Å². The summed E-state index contributed by atoms with van der Waals surface area (Å²) >= 11 is 0. The van der Waals surface area contributed by atoms with Gasteiger partial charge in [-0.15, -0.1) is 0 Å². The minimum Gasteiger partial charge on any atom is -0.344 e. The number of hydrogen-bond acceptors (Lipinski definition) is 5. The van der Waals surface area contributed by atoms with Gasteiger partial charge in [-0.25, -0.2) is 9.97 Å². The lowest BCUT2D eigenvalue weighted by Crippen LogP contribution is -2.37. The monoisotopic (exact) mass is 470 g/mol. The van der Waals surface area contributed by atoms with E-state index in [1.165, 1.54) is 49.5 Å². The van der Waals surface area contributed by atoms with Crippen LogP contribution in [0.25, 0.3) is 0 Å². The number of hydrogen-bond donors (Lipinski definition) is 1. The maximum Gasteiger partial charge on any atom is 0.315 e. The van der Waals surface area contributed by atoms with E-state index in [0.717, 1.165) is 25.8 Å². The molecule has 0 spiro atoms. The molecule has 1 amide bonds. The number of amides is 1. The average Bonchev–Trinajstić information content (AvgIpc) is 2.85. The summed E-state index contributed by atoms with van der Waals surface area (Å²) in [6.07, 6.45) is 6.11. The summed E-state index contributed by atoms with van der Waals surface area (Å²) in [5, 5.41) is 1.91. The van der Waals surface area contributed by atoms with Gasteiger partial charge in [0.25, 0.3) is 5.91 Å². The first-order valence-corrected chi connectivity index (χ1v) is 12.1. The molecular weight excluding hydrogens is 438 g/mol. The van der Waals surface area contributed by atoms with Crippen LogP contribution in [0.15, 0.2) is 36.7 Å². The number of piperidine rings is 1. The van der Waals surface area contributed by atoms with Crippen molar-refractivity contribution in [2.24, 2.45) is 0 Å². The van der Waals surface area contributed by atoms with E-state index < -0.39 is 24.7 Å². The van der Waals surface area contributed by atoms with Gasteiger partial charge in [-0.05, 0) is 62.4 Å². The van der Waals surface area contributed by atoms with Crippen LogP contribution in [0.4, 0.5) is 8.78 Å². The Labute approximate surface area is 199 Å². The Kier molecular flexibility index (Phi) is 7.66. The van der Waals surface area contributed by atoms with E-state index in [9.17, 15) is 18.4 Å². The molecule has 8 heteroatoms. The van der Waals surface area contributed by atoms with Gasteiger partial charge in [0.1, 0.15) is 5.82 Å². The lowest BCUT2D eigenvalue weighted by atomic mass is 9.62. The molecule has 1 saturated carbocycles. The number of Topliss-reactive ketones (excluding diaryl/α,β-unsaturated/α-hetero) is 1. The zero-order valence-corrected chi connectivity index (χ0v) is 19.6. The zero-order valence-electron chi connectivity index (χ0n) is 19.6. The number of benzene rings is 1. The van der Waals surface area contributed by atoms with Gasteiger partial charge in [-0.2, -0.15) is 8.78 Å². The number of aromatic nitrogens is 2. The summed E-state index contributed by atoms with van der Waals surface area (Å²) in [6.45, 7) is 5.18. The van der Waals surface area contributed by atoms with Gasteiger partial charge in [0, 0.05) is 24.2 Å². The molecule has 1 aromatic heterocycles. The molecule has 1 aliphatic heterocycles. The topological polar surface area (TPSA) is 75.2 Å². The maximum atomic E-state index is 12.3. The first-order valence-electron chi connectivity index (χ1n) is 12.1. The Morgan fingerprint density at radius 3 is 2.29 bits per heavy atom. The van der Waals surface area contributed by atoms with Crippen molar-refractivity contribution >= 4 is 11.7 Å². The van der Waals surface area contributed by atoms with Crippen molar-refractivity contribution in [3.63, 3.8) is 0 Å². The highest BCUT2D eigenvalue weighted by Gasteiger charge is 2.39. The SMILES string of the molecule is CCN1CCC(c2ccc(C3(Cc4ncc(C(=O)CNC(=O)C(F)F)cn4)CCC3)cc2)CC1. The third kappa shape index (κ3) is 5.49. The van der Waals surface area contributed by atoms with Gasteiger partial charge in [-0.1, -0.05) is 37.6 Å². The van der Waals surface area contributed by atoms with E-state index in [1.807, 2.05) is 5.32 Å². The molecule has 1 aromatic carbocycles. The molecule has 2 aliphatic rings. The average molecular weight is 471 g/mol. The number of likely N-dealkylation sites (tertiary alicyclic amines) is 1. The molecule has 1 aliphatic carbocycles. The fourth-order valence-electron chi connectivity index (χ4n) is 5.10. The predicted molar refractivity (Wildman–Crippen MR) is 125 cm³/mol. The highest BCUT2D eigenvalue weighted by Crippen LogP contribution is 2.46. The van der Waals surface area contributed by atoms with Crippen molar-refractivity contribution in [1.82, 2.24) is 20.2 Å². The van der Waals surface area contributed by atoms with Crippen LogP contribution in [0.3, 0.4) is 0 Å². The third-order valence-electron chi connectivity index (χ3n) is 7.49. The third-order valence-corrected chi connectivity index (χ3v) is 7.49. The lowest BCUT2D eigenvalue weighted by molar-refractivity contribution is -0.131. The number of nitrogens with one attached hydrogen (secondary N) is 1. The van der Waals surface area contributed by atoms with Crippen LogP contribution in [-0.4, -0.2) is 59.2 Å². The van der Waals surface area contributed by atoms with Crippen LogP contribution in [0.1, 0.15) is 72.3 Å². The molecule has 4 rings (SSSR count). The summed E-state index contributed by atoms with van der Waals surface area (Å²) in [5.74, 6) is -0.675. The number of nitrogens with zero attached hydrogens (tertiary/aromatic N) is 3. The smallest absolute Gasteiger partial charge is 0.315 e. The van der Waals surface area contributed by atoms with Crippen molar-refractivity contribution in [2.45, 2.75) is 63.2 Å². The summed E-state index contributed by atoms with van der Waals surface area (Å²) in [4.78, 5) is 34.3. The highest BCUT2D eigenvalue weighted by molar-refractivity contribution is 5.99. The number of rotatable bonds is 9. The van der Waals surface area contributed by atoms with Gasteiger partial charge in [0.2, 0.25) is 0 Å². The first kappa shape index (κ1) is 24.4. The quantitative estimate of drug-likeness (QED) is 0.563. The number of ketones is 1. The Balaban J connectivity index is 1.38. The number of carbonyl (C=O) groups excluding carboxylic acids is 2. The number of alkyl halides is 2. The second kappa shape index (κ2) is 10.7. The Hall–Kier alpha value is -2.74. The van der Waals surface area contributed by atoms with Gasteiger partial charge >= 0.3 is 6.43 Å². The van der Waals surface area contributed by atoms with E-state index in [-0.39, 0.29) is 11.0 Å². The van der Waals surface area contributed by atoms with Crippen LogP contribution < -0.4 is 5.32 Å². The molecular formula is C26H32F2N4O2. The normalized spacial score (nSPS) is 18.5. The van der Waals surface area contributed by atoms with E-state index >= 15 is 0 Å². The van der Waals surface area contributed by atoms with E-state index in [2.05, 4.69) is 46.1 Å². The minimum atomic E-state index is -3.15. The first-order chi connectivity index (χ1) is 16.4. The lowest BCUT2D eigenvalue weighted by Gasteiger charge is -2.42. The number of halogens is 2. The highest BCUT2D eigenvalue weighted by atomic mass is 19.3. The molecule has 2 fully saturated rings. The fraction of sp³-hybridized carbons (Fsp3) is 0.538. The Bertz CT molecular complexity index is 983. The molecule has 0 radical (unpaired) electrons. The molecule has 1 saturated heterocycles. The molecule has 34 heavy (non-hydrogen) atoms. The van der Waals surface area contributed by atoms with Gasteiger partial charge < -0.3 is 10.2 Å². The van der Waals surface area contributed by atoms with Crippen molar-refractivity contribution in [3.8, 4) is 0 Å². The van der Waals surface area contributed by atoms with Crippen LogP contribution in [-0.2, 0) is 16.6 Å². The fourth-order valence-corrected chi connectivity index (χ4v) is 5.10. The second-order valence-corrected chi connectivity index (χ2v) is 9.47. The molecule has 6 nitrogen and oxygen atoms in total. The predicted octanol–water partition coefficient (Wildman–Crippen LogP) is 3.90. The molecule has 1 N–H and O–H groups in total. The van der Waals surface area contributed by atoms with E-state index in [4.69, 9.17) is 0 Å². The van der Waals surface area contributed by atoms with Crippen LogP contribution in [0.2, 0.25) is 0 Å². The van der Waals surface area contributed by atoms with Crippen LogP contribution in [0.5, 0.6) is 0 Å². The van der Waals surface area contributed by atoms with E-state index in [1.54, 1.807) is 0 Å². The van der Waals surface area contributed by atoms with Gasteiger partial charge in [-0.3, -0.25) is 9.59 Å². The van der Waals surface area contributed by atoms with Crippen molar-refractivity contribution < 1.29 is 18.4 Å². The summed E-state index contributed by atoms with van der Waals surface area (Å²) in [7, 11) is 0. The summed E-state index contributed by atoms with van der Waals surface area (Å²) < 4.78 is 24.5. The largest absolute Gasteiger partial charge is 0.344 e. The molecule has 0 bridgehead atoms. The molecule has 2 heterocycles. The van der Waals surface area contributed by atoms with Crippen molar-refractivity contribution in [1.29, 1.82) is 0 Å². The van der Waals surface area contributed by atoms with Gasteiger partial charge in [0.05, 0.1) is 12.1 Å². The van der Waals surface area contributed by atoms with Crippen molar-refractivity contribution in [2.75, 3.05) is 26.2 Å². The number of carbonyl (C=O) groups is 2. The second-order valence-electron chi connectivity index (χ2n) is 9.47. The van der Waals surface area contributed by atoms with Gasteiger partial charge in [0.15, 0.2) is 5.78 Å². The molecule has 182 valence electrons. The molecule has 0 unspecified atom stereocenters.